The van der Waals surface area contributed by atoms with Gasteiger partial charge in [0.1, 0.15) is 11.1 Å². The van der Waals surface area contributed by atoms with Gasteiger partial charge in [-0.2, -0.15) is 0 Å². The van der Waals surface area contributed by atoms with Gasteiger partial charge < -0.3 is 29.0 Å². The molecule has 1 saturated heterocycles. The number of aromatic nitrogens is 4. The van der Waals surface area contributed by atoms with Crippen LogP contribution in [0.1, 0.15) is 47.0 Å². The maximum Gasteiger partial charge on any atom is 0.410 e. The van der Waals surface area contributed by atoms with E-state index in [0.29, 0.717) is 68.3 Å². The quantitative estimate of drug-likeness (QED) is 0.401. The summed E-state index contributed by atoms with van der Waals surface area (Å²) in [7, 11) is 1.57. The highest BCUT2D eigenvalue weighted by molar-refractivity contribution is 5.80. The Morgan fingerprint density at radius 3 is 2.54 bits per heavy atom. The molecule has 1 aliphatic heterocycles. The standard InChI is InChI=1S/C28H38N6O5/c1-6-14-38-15-13-34-23-16-21(19-7-8-24(37-5)30-17-19)29-18-22(23)32-25(26(34)35)31-20-9-11-33(12-10-20)27(36)39-28(2,3)4/h7-8,16-18,20H,6,9-15H2,1-5H3,(H,31,32). The molecule has 11 nitrogen and oxygen atoms in total. The lowest BCUT2D eigenvalue weighted by Crippen LogP contribution is -2.45. The molecular weight excluding hydrogens is 500 g/mol. The van der Waals surface area contributed by atoms with Gasteiger partial charge in [-0.25, -0.2) is 14.8 Å². The van der Waals surface area contributed by atoms with Crippen LogP contribution in [0.3, 0.4) is 0 Å². The number of anilines is 1. The van der Waals surface area contributed by atoms with Crippen LogP contribution in [0.25, 0.3) is 22.3 Å². The van der Waals surface area contributed by atoms with Crippen LogP contribution in [-0.4, -0.2) is 75.6 Å². The molecule has 0 aliphatic carbocycles. The second kappa shape index (κ2) is 12.4. The third-order valence-electron chi connectivity index (χ3n) is 6.37. The Morgan fingerprint density at radius 2 is 1.90 bits per heavy atom. The van der Waals surface area contributed by atoms with Crippen molar-refractivity contribution in [1.82, 2.24) is 24.4 Å². The van der Waals surface area contributed by atoms with E-state index in [2.05, 4.69) is 20.3 Å². The fourth-order valence-corrected chi connectivity index (χ4v) is 4.40. The van der Waals surface area contributed by atoms with Crippen LogP contribution in [-0.2, 0) is 16.0 Å². The first-order valence-electron chi connectivity index (χ1n) is 13.4. The van der Waals surface area contributed by atoms with E-state index in [4.69, 9.17) is 14.2 Å². The van der Waals surface area contributed by atoms with E-state index in [1.54, 1.807) is 35.0 Å². The number of carbonyl (C=O) groups excluding carboxylic acids is 1. The number of methoxy groups -OCH3 is 1. The van der Waals surface area contributed by atoms with Crippen molar-refractivity contribution in [3.05, 3.63) is 40.9 Å². The van der Waals surface area contributed by atoms with E-state index in [9.17, 15) is 9.59 Å². The SMILES string of the molecule is CCCOCCn1c(=O)c(NC2CCN(C(=O)OC(C)(C)C)CC2)nc2cnc(-c3ccc(OC)nc3)cc21. The number of ether oxygens (including phenoxy) is 3. The summed E-state index contributed by atoms with van der Waals surface area (Å²) in [6.45, 7) is 10.1. The van der Waals surface area contributed by atoms with Gasteiger partial charge in [-0.15, -0.1) is 0 Å². The maximum atomic E-state index is 13.6. The molecule has 1 N–H and O–H groups in total. The van der Waals surface area contributed by atoms with E-state index in [1.165, 1.54) is 0 Å². The molecule has 0 saturated carbocycles. The van der Waals surface area contributed by atoms with Crippen molar-refractivity contribution < 1.29 is 19.0 Å². The molecule has 39 heavy (non-hydrogen) atoms. The fourth-order valence-electron chi connectivity index (χ4n) is 4.40. The van der Waals surface area contributed by atoms with Crippen molar-refractivity contribution >= 4 is 22.9 Å². The molecule has 3 aromatic heterocycles. The number of nitrogens with one attached hydrogen (secondary N) is 1. The van der Waals surface area contributed by atoms with Crippen LogP contribution in [0.15, 0.2) is 35.4 Å². The van der Waals surface area contributed by atoms with Crippen LogP contribution >= 0.6 is 0 Å². The molecule has 1 fully saturated rings. The highest BCUT2D eigenvalue weighted by atomic mass is 16.6. The minimum atomic E-state index is -0.537. The third-order valence-corrected chi connectivity index (χ3v) is 6.37. The lowest BCUT2D eigenvalue weighted by molar-refractivity contribution is 0.0210. The Labute approximate surface area is 228 Å². The van der Waals surface area contributed by atoms with E-state index in [1.807, 2.05) is 39.8 Å². The number of rotatable bonds is 9. The number of fused-ring (bicyclic) bond motifs is 1. The highest BCUT2D eigenvalue weighted by Gasteiger charge is 2.27. The zero-order valence-electron chi connectivity index (χ0n) is 23.4. The van der Waals surface area contributed by atoms with Crippen molar-refractivity contribution in [2.75, 3.05) is 38.7 Å². The molecule has 210 valence electrons. The van der Waals surface area contributed by atoms with Gasteiger partial charge in [0.15, 0.2) is 5.82 Å². The molecule has 0 bridgehead atoms. The van der Waals surface area contributed by atoms with Crippen LogP contribution in [0, 0.1) is 0 Å². The monoisotopic (exact) mass is 538 g/mol. The lowest BCUT2D eigenvalue weighted by atomic mass is 10.1. The molecule has 11 heteroatoms. The highest BCUT2D eigenvalue weighted by Crippen LogP contribution is 2.23. The number of nitrogens with zero attached hydrogens (tertiary/aromatic N) is 5. The largest absolute Gasteiger partial charge is 0.481 e. The number of hydrogen-bond donors (Lipinski definition) is 1. The molecule has 4 rings (SSSR count). The van der Waals surface area contributed by atoms with Gasteiger partial charge in [-0.1, -0.05) is 6.92 Å². The summed E-state index contributed by atoms with van der Waals surface area (Å²) >= 11 is 0. The topological polar surface area (TPSA) is 121 Å². The second-order valence-corrected chi connectivity index (χ2v) is 10.6. The number of hydrogen-bond acceptors (Lipinski definition) is 9. The lowest BCUT2D eigenvalue weighted by Gasteiger charge is -2.33. The van der Waals surface area contributed by atoms with Gasteiger partial charge in [-0.05, 0) is 52.2 Å². The van der Waals surface area contributed by atoms with E-state index in [-0.39, 0.29) is 23.5 Å². The number of pyridine rings is 2. The van der Waals surface area contributed by atoms with Crippen LogP contribution in [0.2, 0.25) is 0 Å². The maximum absolute atomic E-state index is 13.6. The van der Waals surface area contributed by atoms with Crippen molar-refractivity contribution in [3.63, 3.8) is 0 Å². The summed E-state index contributed by atoms with van der Waals surface area (Å²) < 4.78 is 18.0. The summed E-state index contributed by atoms with van der Waals surface area (Å²) in [4.78, 5) is 41.3. The van der Waals surface area contributed by atoms with Gasteiger partial charge >= 0.3 is 6.09 Å². The smallest absolute Gasteiger partial charge is 0.410 e. The predicted molar refractivity (Wildman–Crippen MR) is 149 cm³/mol. The fraction of sp³-hybridized carbons (Fsp3) is 0.536. The van der Waals surface area contributed by atoms with E-state index in [0.717, 1.165) is 12.0 Å². The average molecular weight is 539 g/mol. The van der Waals surface area contributed by atoms with Gasteiger partial charge in [0.05, 0.1) is 31.1 Å². The van der Waals surface area contributed by atoms with Crippen molar-refractivity contribution in [2.45, 2.75) is 65.1 Å². The Bertz CT molecular complexity index is 1330. The normalized spacial score (nSPS) is 14.4. The molecule has 0 unspecified atom stereocenters. The van der Waals surface area contributed by atoms with Crippen LogP contribution in [0.5, 0.6) is 5.88 Å². The Morgan fingerprint density at radius 1 is 1.13 bits per heavy atom. The van der Waals surface area contributed by atoms with Crippen LogP contribution in [0.4, 0.5) is 10.6 Å². The first kappa shape index (κ1) is 28.3. The third kappa shape index (κ3) is 7.23. The molecule has 1 aliphatic rings. The van der Waals surface area contributed by atoms with Crippen molar-refractivity contribution in [3.8, 4) is 17.1 Å². The van der Waals surface area contributed by atoms with E-state index >= 15 is 0 Å². The first-order valence-corrected chi connectivity index (χ1v) is 13.4. The minimum Gasteiger partial charge on any atom is -0.481 e. The second-order valence-electron chi connectivity index (χ2n) is 10.6. The molecule has 0 spiro atoms. The number of carbonyl (C=O) groups is 1. The Kier molecular flexibility index (Phi) is 9.01. The zero-order chi connectivity index (χ0) is 28.0. The predicted octanol–water partition coefficient (Wildman–Crippen LogP) is 4.10. The minimum absolute atomic E-state index is 0.00346. The van der Waals surface area contributed by atoms with Crippen molar-refractivity contribution in [2.24, 2.45) is 0 Å². The molecule has 0 aromatic carbocycles. The van der Waals surface area contributed by atoms with Gasteiger partial charge in [0.2, 0.25) is 5.88 Å². The first-order chi connectivity index (χ1) is 18.7. The van der Waals surface area contributed by atoms with E-state index < -0.39 is 5.60 Å². The Balaban J connectivity index is 1.57. The summed E-state index contributed by atoms with van der Waals surface area (Å²) in [5, 5.41) is 3.33. The molecular formula is C28H38N6O5. The summed E-state index contributed by atoms with van der Waals surface area (Å²) in [5.74, 6) is 0.785. The summed E-state index contributed by atoms with van der Waals surface area (Å²) in [6, 6.07) is 5.51. The molecule has 1 amide bonds. The summed E-state index contributed by atoms with van der Waals surface area (Å²) in [5.41, 5.74) is 2.00. The molecule has 0 atom stereocenters. The molecule has 4 heterocycles. The summed E-state index contributed by atoms with van der Waals surface area (Å²) in [6.07, 6.45) is 5.31. The zero-order valence-corrected chi connectivity index (χ0v) is 23.4. The van der Waals surface area contributed by atoms with Crippen LogP contribution < -0.4 is 15.6 Å². The number of likely N-dealkylation sites (tertiary alicyclic amines) is 1. The van der Waals surface area contributed by atoms with Gasteiger partial charge in [-0.3, -0.25) is 9.78 Å². The van der Waals surface area contributed by atoms with Crippen molar-refractivity contribution in [1.29, 1.82) is 0 Å². The van der Waals surface area contributed by atoms with Gasteiger partial charge in [0, 0.05) is 50.1 Å². The molecule has 3 aromatic rings. The average Bonchev–Trinajstić information content (AvgIpc) is 2.92. The Hall–Kier alpha value is -3.73. The van der Waals surface area contributed by atoms with Gasteiger partial charge in [0.25, 0.3) is 5.56 Å². The number of amides is 1. The number of piperidine rings is 1. The molecule has 0 radical (unpaired) electrons.